The SMILES string of the molecule is NC(=O)c1ccc(N2CC=C(c3ccccc3)CC2)c([N+](=O)[O-])c1. The van der Waals surface area contributed by atoms with Crippen LogP contribution in [0.4, 0.5) is 11.4 Å². The number of anilines is 1. The molecule has 0 spiro atoms. The van der Waals surface area contributed by atoms with Crippen molar-refractivity contribution in [1.29, 1.82) is 0 Å². The van der Waals surface area contributed by atoms with Gasteiger partial charge in [0.25, 0.3) is 5.69 Å². The van der Waals surface area contributed by atoms with Gasteiger partial charge >= 0.3 is 0 Å². The molecule has 2 aromatic carbocycles. The maximum Gasteiger partial charge on any atom is 0.293 e. The quantitative estimate of drug-likeness (QED) is 0.692. The molecule has 3 rings (SSSR count). The average molecular weight is 323 g/mol. The second-order valence-electron chi connectivity index (χ2n) is 5.62. The first-order valence-electron chi connectivity index (χ1n) is 7.64. The van der Waals surface area contributed by atoms with Crippen LogP contribution in [0.1, 0.15) is 22.3 Å². The second kappa shape index (κ2) is 6.54. The molecule has 6 heteroatoms. The van der Waals surface area contributed by atoms with Crippen molar-refractivity contribution in [3.63, 3.8) is 0 Å². The first-order valence-corrected chi connectivity index (χ1v) is 7.64. The zero-order valence-electron chi connectivity index (χ0n) is 13.0. The third kappa shape index (κ3) is 3.12. The van der Waals surface area contributed by atoms with E-state index in [1.54, 1.807) is 6.07 Å². The predicted octanol–water partition coefficient (Wildman–Crippen LogP) is 2.99. The van der Waals surface area contributed by atoms with E-state index in [1.165, 1.54) is 23.3 Å². The summed E-state index contributed by atoms with van der Waals surface area (Å²) in [5, 5.41) is 11.3. The number of hydrogen-bond donors (Lipinski definition) is 1. The molecule has 24 heavy (non-hydrogen) atoms. The highest BCUT2D eigenvalue weighted by Gasteiger charge is 2.23. The minimum Gasteiger partial charge on any atom is -0.366 e. The smallest absolute Gasteiger partial charge is 0.293 e. The van der Waals surface area contributed by atoms with Crippen LogP contribution in [0.5, 0.6) is 0 Å². The van der Waals surface area contributed by atoms with E-state index in [9.17, 15) is 14.9 Å². The molecule has 0 saturated heterocycles. The molecule has 2 N–H and O–H groups in total. The van der Waals surface area contributed by atoms with Crippen molar-refractivity contribution in [2.45, 2.75) is 6.42 Å². The van der Waals surface area contributed by atoms with Crippen LogP contribution in [0, 0.1) is 10.1 Å². The van der Waals surface area contributed by atoms with E-state index in [1.807, 2.05) is 23.1 Å². The summed E-state index contributed by atoms with van der Waals surface area (Å²) in [5.41, 5.74) is 8.18. The van der Waals surface area contributed by atoms with Gasteiger partial charge in [-0.2, -0.15) is 0 Å². The number of nitro benzene ring substituents is 1. The van der Waals surface area contributed by atoms with E-state index >= 15 is 0 Å². The van der Waals surface area contributed by atoms with Crippen LogP contribution in [0.3, 0.4) is 0 Å². The number of carbonyl (C=O) groups excluding carboxylic acids is 1. The zero-order chi connectivity index (χ0) is 17.1. The van der Waals surface area contributed by atoms with Gasteiger partial charge in [0.1, 0.15) is 5.69 Å². The highest BCUT2D eigenvalue weighted by molar-refractivity contribution is 5.94. The van der Waals surface area contributed by atoms with Gasteiger partial charge in [0.15, 0.2) is 0 Å². The summed E-state index contributed by atoms with van der Waals surface area (Å²) < 4.78 is 0. The Morgan fingerprint density at radius 2 is 1.92 bits per heavy atom. The Bertz CT molecular complexity index is 816. The molecule has 0 aliphatic carbocycles. The lowest BCUT2D eigenvalue weighted by Crippen LogP contribution is -2.29. The summed E-state index contributed by atoms with van der Waals surface area (Å²) in [6, 6.07) is 14.5. The normalized spacial score (nSPS) is 14.2. The van der Waals surface area contributed by atoms with Gasteiger partial charge in [0.2, 0.25) is 5.91 Å². The summed E-state index contributed by atoms with van der Waals surface area (Å²) >= 11 is 0. The molecule has 0 aromatic heterocycles. The number of amides is 1. The highest BCUT2D eigenvalue weighted by Crippen LogP contribution is 2.32. The van der Waals surface area contributed by atoms with Gasteiger partial charge in [-0.05, 0) is 29.7 Å². The fourth-order valence-electron chi connectivity index (χ4n) is 2.89. The number of hydrogen-bond acceptors (Lipinski definition) is 4. The summed E-state index contributed by atoms with van der Waals surface area (Å²) in [7, 11) is 0. The Labute approximate surface area is 139 Å². The Hall–Kier alpha value is -3.15. The average Bonchev–Trinajstić information content (AvgIpc) is 2.62. The van der Waals surface area contributed by atoms with Crippen LogP contribution in [0.25, 0.3) is 5.57 Å². The lowest BCUT2D eigenvalue weighted by atomic mass is 9.99. The number of carbonyl (C=O) groups is 1. The molecule has 0 atom stereocenters. The second-order valence-corrected chi connectivity index (χ2v) is 5.62. The molecule has 0 radical (unpaired) electrons. The predicted molar refractivity (Wildman–Crippen MR) is 92.9 cm³/mol. The number of nitrogens with zero attached hydrogens (tertiary/aromatic N) is 2. The van der Waals surface area contributed by atoms with Crippen LogP contribution in [-0.4, -0.2) is 23.9 Å². The fourth-order valence-corrected chi connectivity index (χ4v) is 2.89. The van der Waals surface area contributed by atoms with Crippen LogP contribution in [0.15, 0.2) is 54.6 Å². The summed E-state index contributed by atoms with van der Waals surface area (Å²) in [5.74, 6) is -0.672. The number of rotatable bonds is 4. The maximum atomic E-state index is 11.3. The lowest BCUT2D eigenvalue weighted by molar-refractivity contribution is -0.384. The van der Waals surface area contributed by atoms with E-state index in [-0.39, 0.29) is 11.3 Å². The Morgan fingerprint density at radius 3 is 2.50 bits per heavy atom. The van der Waals surface area contributed by atoms with E-state index in [2.05, 4.69) is 18.2 Å². The van der Waals surface area contributed by atoms with E-state index < -0.39 is 10.8 Å². The Kier molecular flexibility index (Phi) is 4.29. The standard InChI is InChI=1S/C18H17N3O3/c19-18(22)15-6-7-16(17(12-15)21(23)24)20-10-8-14(9-11-20)13-4-2-1-3-5-13/h1-8,12H,9-11H2,(H2,19,22). The first kappa shape index (κ1) is 15.7. The molecule has 1 aliphatic rings. The Balaban J connectivity index is 1.87. The van der Waals surface area contributed by atoms with E-state index in [4.69, 9.17) is 5.73 Å². The third-order valence-corrected chi connectivity index (χ3v) is 4.15. The van der Waals surface area contributed by atoms with Gasteiger partial charge in [-0.25, -0.2) is 0 Å². The van der Waals surface area contributed by atoms with E-state index in [0.29, 0.717) is 18.8 Å². The van der Waals surface area contributed by atoms with Gasteiger partial charge in [-0.15, -0.1) is 0 Å². The number of nitro groups is 1. The number of nitrogens with two attached hydrogens (primary N) is 1. The fraction of sp³-hybridized carbons (Fsp3) is 0.167. The number of benzene rings is 2. The molecule has 6 nitrogen and oxygen atoms in total. The minimum atomic E-state index is -0.672. The van der Waals surface area contributed by atoms with Crippen molar-refractivity contribution >= 4 is 22.9 Å². The van der Waals surface area contributed by atoms with Gasteiger partial charge < -0.3 is 10.6 Å². The molecule has 1 amide bonds. The third-order valence-electron chi connectivity index (χ3n) is 4.15. The zero-order valence-corrected chi connectivity index (χ0v) is 13.0. The van der Waals surface area contributed by atoms with Crippen molar-refractivity contribution in [2.75, 3.05) is 18.0 Å². The van der Waals surface area contributed by atoms with Gasteiger partial charge in [0, 0.05) is 24.7 Å². The van der Waals surface area contributed by atoms with Crippen molar-refractivity contribution in [1.82, 2.24) is 0 Å². The van der Waals surface area contributed by atoms with Crippen molar-refractivity contribution in [3.05, 3.63) is 75.8 Å². The molecular weight excluding hydrogens is 306 g/mol. The first-order chi connectivity index (χ1) is 11.6. The highest BCUT2D eigenvalue weighted by atomic mass is 16.6. The monoisotopic (exact) mass is 323 g/mol. The molecule has 2 aromatic rings. The maximum absolute atomic E-state index is 11.3. The van der Waals surface area contributed by atoms with Crippen LogP contribution >= 0.6 is 0 Å². The molecule has 0 saturated carbocycles. The van der Waals surface area contributed by atoms with E-state index in [0.717, 1.165) is 6.42 Å². The molecule has 1 heterocycles. The molecule has 0 bridgehead atoms. The summed E-state index contributed by atoms with van der Waals surface area (Å²) in [6.07, 6.45) is 2.89. The van der Waals surface area contributed by atoms with Crippen LogP contribution < -0.4 is 10.6 Å². The number of primary amides is 1. The van der Waals surface area contributed by atoms with Gasteiger partial charge in [-0.3, -0.25) is 14.9 Å². The largest absolute Gasteiger partial charge is 0.366 e. The topological polar surface area (TPSA) is 89.5 Å². The Morgan fingerprint density at radius 1 is 1.17 bits per heavy atom. The van der Waals surface area contributed by atoms with Crippen LogP contribution in [-0.2, 0) is 0 Å². The van der Waals surface area contributed by atoms with Crippen molar-refractivity contribution in [2.24, 2.45) is 5.73 Å². The van der Waals surface area contributed by atoms with Crippen molar-refractivity contribution < 1.29 is 9.72 Å². The molecule has 122 valence electrons. The van der Waals surface area contributed by atoms with Crippen LogP contribution in [0.2, 0.25) is 0 Å². The minimum absolute atomic E-state index is 0.0946. The molecule has 0 fully saturated rings. The van der Waals surface area contributed by atoms with Crippen molar-refractivity contribution in [3.8, 4) is 0 Å². The molecule has 1 aliphatic heterocycles. The molecular formula is C18H17N3O3. The summed E-state index contributed by atoms with van der Waals surface area (Å²) in [6.45, 7) is 1.26. The van der Waals surface area contributed by atoms with Gasteiger partial charge in [-0.1, -0.05) is 36.4 Å². The summed E-state index contributed by atoms with van der Waals surface area (Å²) in [4.78, 5) is 24.0. The molecule has 0 unspecified atom stereocenters. The van der Waals surface area contributed by atoms with Gasteiger partial charge in [0.05, 0.1) is 4.92 Å². The lowest BCUT2D eigenvalue weighted by Gasteiger charge is -2.28.